The van der Waals surface area contributed by atoms with Crippen molar-refractivity contribution < 1.29 is 19.2 Å². The maximum Gasteiger partial charge on any atom is 0.231 e. The van der Waals surface area contributed by atoms with E-state index in [1.165, 1.54) is 0 Å². The summed E-state index contributed by atoms with van der Waals surface area (Å²) in [6.45, 7) is 3.34. The molecule has 0 aliphatic carbocycles. The number of carboxylic acid groups (broad SMARTS) is 1. The number of guanidine groups is 1. The first-order valence-electron chi connectivity index (χ1n) is 9.21. The second-order valence-electron chi connectivity index (χ2n) is 7.18. The van der Waals surface area contributed by atoms with Crippen LogP contribution >= 0.6 is 0 Å². The molecule has 0 fully saturated rings. The van der Waals surface area contributed by atoms with E-state index in [1.807, 2.05) is 50.2 Å². The summed E-state index contributed by atoms with van der Waals surface area (Å²) >= 11 is 0. The molecule has 154 valence electrons. The molecule has 0 aliphatic heterocycles. The van der Waals surface area contributed by atoms with Crippen LogP contribution in [0, 0.1) is 0 Å². The molecular formula is C22H21N4O4-. The number of ketones is 1. The average Bonchev–Trinajstić information content (AvgIpc) is 3.22. The van der Waals surface area contributed by atoms with Gasteiger partial charge in [-0.2, -0.15) is 0 Å². The van der Waals surface area contributed by atoms with Crippen LogP contribution in [0.3, 0.4) is 0 Å². The van der Waals surface area contributed by atoms with Crippen molar-refractivity contribution in [3.8, 4) is 0 Å². The average molecular weight is 405 g/mol. The number of benzene rings is 2. The van der Waals surface area contributed by atoms with Crippen LogP contribution in [0.4, 0.5) is 5.88 Å². The van der Waals surface area contributed by atoms with E-state index in [-0.39, 0.29) is 17.6 Å². The molecule has 2 aromatic carbocycles. The molecule has 3 aromatic rings. The van der Waals surface area contributed by atoms with Crippen LogP contribution in [-0.2, 0) is 10.2 Å². The lowest BCUT2D eigenvalue weighted by atomic mass is 9.80. The zero-order valence-electron chi connectivity index (χ0n) is 16.6. The van der Waals surface area contributed by atoms with Gasteiger partial charge in [-0.1, -0.05) is 67.5 Å². The van der Waals surface area contributed by atoms with Crippen molar-refractivity contribution in [3.63, 3.8) is 0 Å². The van der Waals surface area contributed by atoms with Gasteiger partial charge in [0.15, 0.2) is 11.7 Å². The molecule has 3 rings (SSSR count). The number of hydrogen-bond donors (Lipinski definition) is 2. The minimum atomic E-state index is -1.34. The largest absolute Gasteiger partial charge is 0.548 e. The minimum Gasteiger partial charge on any atom is -0.548 e. The van der Waals surface area contributed by atoms with E-state index in [2.05, 4.69) is 15.5 Å². The summed E-state index contributed by atoms with van der Waals surface area (Å²) in [4.78, 5) is 26.8. The van der Waals surface area contributed by atoms with Crippen molar-refractivity contribution >= 4 is 23.6 Å². The maximum absolute atomic E-state index is 12.8. The summed E-state index contributed by atoms with van der Waals surface area (Å²) < 4.78 is 5.25. The fourth-order valence-corrected chi connectivity index (χ4v) is 2.90. The Bertz CT molecular complexity index is 1090. The van der Waals surface area contributed by atoms with Crippen molar-refractivity contribution in [2.24, 2.45) is 10.7 Å². The van der Waals surface area contributed by atoms with E-state index in [0.717, 1.165) is 5.56 Å². The molecule has 8 nitrogen and oxygen atoms in total. The Morgan fingerprint density at radius 2 is 1.80 bits per heavy atom. The minimum absolute atomic E-state index is 0.0623. The number of carbonyl (C=O) groups is 2. The lowest BCUT2D eigenvalue weighted by molar-refractivity contribution is -0.303. The van der Waals surface area contributed by atoms with Gasteiger partial charge >= 0.3 is 0 Å². The predicted molar refractivity (Wildman–Crippen MR) is 110 cm³/mol. The van der Waals surface area contributed by atoms with Gasteiger partial charge in [-0.05, 0) is 11.6 Å². The number of nitrogens with one attached hydrogen (secondary N) is 1. The lowest BCUT2D eigenvalue weighted by Gasteiger charge is -2.22. The summed E-state index contributed by atoms with van der Waals surface area (Å²) in [5.41, 5.74) is 7.71. The number of hydrogen-bond acceptors (Lipinski definition) is 6. The Kier molecular flexibility index (Phi) is 5.96. The topological polar surface area (TPSA) is 134 Å². The van der Waals surface area contributed by atoms with Crippen molar-refractivity contribution in [1.82, 2.24) is 5.16 Å². The monoisotopic (exact) mass is 405 g/mol. The molecule has 0 saturated heterocycles. The van der Waals surface area contributed by atoms with Gasteiger partial charge in [0, 0.05) is 22.6 Å². The second-order valence-corrected chi connectivity index (χ2v) is 7.18. The molecule has 0 amide bonds. The molecule has 0 aliphatic rings. The molecule has 0 unspecified atom stereocenters. The van der Waals surface area contributed by atoms with Crippen molar-refractivity contribution in [2.45, 2.75) is 19.3 Å². The van der Waals surface area contributed by atoms with Crippen LogP contribution in [-0.4, -0.2) is 29.4 Å². The Hall–Kier alpha value is -3.94. The van der Waals surface area contributed by atoms with Gasteiger partial charge in [0.2, 0.25) is 5.88 Å². The number of aliphatic imine (C=N–C) groups is 1. The number of rotatable bonds is 7. The molecule has 8 heteroatoms. The SMILES string of the molecule is CC(C)(c1cccc(C(=O)c2ccccc2)c1)c1cc(NC(N)=NCC(=O)[O-])on1. The normalized spacial score (nSPS) is 11.9. The van der Waals surface area contributed by atoms with Gasteiger partial charge in [0.1, 0.15) is 0 Å². The van der Waals surface area contributed by atoms with Crippen LogP contribution in [0.1, 0.15) is 41.0 Å². The number of aliphatic carboxylic acids is 1. The molecule has 1 heterocycles. The fourth-order valence-electron chi connectivity index (χ4n) is 2.90. The number of anilines is 1. The molecule has 30 heavy (non-hydrogen) atoms. The van der Waals surface area contributed by atoms with E-state index in [4.69, 9.17) is 10.3 Å². The second kappa shape index (κ2) is 8.60. The van der Waals surface area contributed by atoms with E-state index in [1.54, 1.807) is 24.3 Å². The molecule has 0 saturated carbocycles. The number of nitrogens with two attached hydrogens (primary N) is 1. The van der Waals surface area contributed by atoms with Crippen LogP contribution in [0.25, 0.3) is 0 Å². The number of carboxylic acids is 1. The van der Waals surface area contributed by atoms with Crippen molar-refractivity contribution in [2.75, 3.05) is 11.9 Å². The third-order valence-corrected chi connectivity index (χ3v) is 4.66. The van der Waals surface area contributed by atoms with Gasteiger partial charge < -0.3 is 20.2 Å². The van der Waals surface area contributed by atoms with E-state index < -0.39 is 17.9 Å². The van der Waals surface area contributed by atoms with Gasteiger partial charge in [-0.15, -0.1) is 0 Å². The molecule has 0 spiro atoms. The number of carbonyl (C=O) groups excluding carboxylic acids is 2. The Morgan fingerprint density at radius 1 is 1.10 bits per heavy atom. The Balaban J connectivity index is 1.82. The summed E-state index contributed by atoms with van der Waals surface area (Å²) in [5, 5.41) is 17.2. The standard InChI is InChI=1S/C22H22N4O4/c1-22(2,17-12-18(30-26-17)25-21(23)24-13-19(27)28)16-10-6-9-15(11-16)20(29)14-7-4-3-5-8-14/h3-12H,13H2,1-2H3,(H,27,28)(H3,23,24,25)/p-1. The van der Waals surface area contributed by atoms with Gasteiger partial charge in [-0.25, -0.2) is 4.99 Å². The highest BCUT2D eigenvalue weighted by molar-refractivity contribution is 6.09. The molecule has 0 radical (unpaired) electrons. The third-order valence-electron chi connectivity index (χ3n) is 4.66. The lowest BCUT2D eigenvalue weighted by Crippen LogP contribution is -2.29. The summed E-state index contributed by atoms with van der Waals surface area (Å²) in [7, 11) is 0. The van der Waals surface area contributed by atoms with Crippen LogP contribution in [0.2, 0.25) is 0 Å². The highest BCUT2D eigenvalue weighted by Crippen LogP contribution is 2.32. The van der Waals surface area contributed by atoms with E-state index >= 15 is 0 Å². The summed E-state index contributed by atoms with van der Waals surface area (Å²) in [6, 6.07) is 18.1. The first kappa shape index (κ1) is 20.8. The molecule has 0 atom stereocenters. The zero-order valence-corrected chi connectivity index (χ0v) is 16.6. The molecule has 0 bridgehead atoms. The van der Waals surface area contributed by atoms with E-state index in [9.17, 15) is 14.7 Å². The zero-order chi connectivity index (χ0) is 21.7. The highest BCUT2D eigenvalue weighted by Gasteiger charge is 2.28. The summed E-state index contributed by atoms with van der Waals surface area (Å²) in [6.07, 6.45) is 0. The van der Waals surface area contributed by atoms with Gasteiger partial charge in [0.25, 0.3) is 0 Å². The van der Waals surface area contributed by atoms with Gasteiger partial charge in [0.05, 0.1) is 18.2 Å². The van der Waals surface area contributed by atoms with Gasteiger partial charge in [-0.3, -0.25) is 10.1 Å². The first-order valence-corrected chi connectivity index (χ1v) is 9.21. The van der Waals surface area contributed by atoms with Crippen molar-refractivity contribution in [3.05, 3.63) is 83.0 Å². The molecule has 1 aromatic heterocycles. The molecule has 3 N–H and O–H groups in total. The Morgan fingerprint density at radius 3 is 2.50 bits per heavy atom. The van der Waals surface area contributed by atoms with E-state index in [0.29, 0.717) is 16.8 Å². The van der Waals surface area contributed by atoms with Crippen LogP contribution < -0.4 is 16.2 Å². The quantitative estimate of drug-likeness (QED) is 0.347. The predicted octanol–water partition coefficient (Wildman–Crippen LogP) is 1.71. The maximum atomic E-state index is 12.8. The molecular weight excluding hydrogens is 384 g/mol. The Labute approximate surface area is 173 Å². The third kappa shape index (κ3) is 4.72. The van der Waals surface area contributed by atoms with Crippen LogP contribution in [0.5, 0.6) is 0 Å². The first-order chi connectivity index (χ1) is 14.3. The highest BCUT2D eigenvalue weighted by atomic mass is 16.5. The van der Waals surface area contributed by atoms with Crippen LogP contribution in [0.15, 0.2) is 70.2 Å². The fraction of sp³-hybridized carbons (Fsp3) is 0.182. The summed E-state index contributed by atoms with van der Waals surface area (Å²) in [5.74, 6) is -1.32. The number of nitrogens with zero attached hydrogens (tertiary/aromatic N) is 2. The smallest absolute Gasteiger partial charge is 0.231 e. The number of aromatic nitrogens is 1. The van der Waals surface area contributed by atoms with Crippen molar-refractivity contribution in [1.29, 1.82) is 0 Å².